The number of nitrogens with zero attached hydrogens (tertiary/aromatic N) is 2. The van der Waals surface area contributed by atoms with Gasteiger partial charge in [-0.3, -0.25) is 14.5 Å². The van der Waals surface area contributed by atoms with Gasteiger partial charge in [0, 0.05) is 17.7 Å². The van der Waals surface area contributed by atoms with Crippen molar-refractivity contribution in [1.82, 2.24) is 0 Å². The zero-order valence-corrected chi connectivity index (χ0v) is 21.0. The van der Waals surface area contributed by atoms with Crippen molar-refractivity contribution in [1.29, 1.82) is 5.26 Å². The van der Waals surface area contributed by atoms with Crippen LogP contribution in [0.4, 0.5) is 15.8 Å². The first-order valence-corrected chi connectivity index (χ1v) is 13.2. The molecule has 0 saturated carbocycles. The molecule has 38 heavy (non-hydrogen) atoms. The van der Waals surface area contributed by atoms with Crippen molar-refractivity contribution in [2.75, 3.05) is 10.2 Å². The van der Waals surface area contributed by atoms with Gasteiger partial charge < -0.3 is 5.32 Å². The number of para-hydroxylation sites is 2. The maximum atomic E-state index is 14.1. The molecule has 5 nitrogen and oxygen atoms in total. The van der Waals surface area contributed by atoms with Crippen molar-refractivity contribution in [2.24, 2.45) is 0 Å². The van der Waals surface area contributed by atoms with Crippen molar-refractivity contribution >= 4 is 34.4 Å². The van der Waals surface area contributed by atoms with Crippen LogP contribution in [0.3, 0.4) is 0 Å². The number of allylic oxidation sites excluding steroid dienone is 1. The second-order valence-corrected chi connectivity index (χ2v) is 10.4. The number of rotatable bonds is 3. The molecule has 4 aromatic rings. The summed E-state index contributed by atoms with van der Waals surface area (Å²) in [6.45, 7) is 0. The van der Waals surface area contributed by atoms with E-state index in [1.807, 2.05) is 47.8 Å². The average molecular weight is 520 g/mol. The number of hydrogen-bond acceptors (Lipinski definition) is 5. The van der Waals surface area contributed by atoms with Gasteiger partial charge in [-0.1, -0.05) is 42.5 Å². The van der Waals surface area contributed by atoms with Gasteiger partial charge in [-0.15, -0.1) is 11.3 Å². The van der Waals surface area contributed by atoms with Crippen LogP contribution in [0.1, 0.15) is 51.2 Å². The number of ketones is 1. The summed E-state index contributed by atoms with van der Waals surface area (Å²) in [4.78, 5) is 30.3. The predicted octanol–water partition coefficient (Wildman–Crippen LogP) is 6.97. The number of hydrogen-bond donors (Lipinski definition) is 1. The van der Waals surface area contributed by atoms with Crippen molar-refractivity contribution in [3.05, 3.63) is 129 Å². The summed E-state index contributed by atoms with van der Waals surface area (Å²) in [5.74, 6) is -0.714. The predicted molar refractivity (Wildman–Crippen MR) is 145 cm³/mol. The van der Waals surface area contributed by atoms with Crippen LogP contribution in [-0.2, 0) is 4.79 Å². The Kier molecular flexibility index (Phi) is 6.10. The molecule has 3 aromatic carbocycles. The van der Waals surface area contributed by atoms with Gasteiger partial charge in [0.1, 0.15) is 5.82 Å². The molecule has 1 amide bonds. The lowest BCUT2D eigenvalue weighted by atomic mass is 9.78. The van der Waals surface area contributed by atoms with Crippen LogP contribution in [0.15, 0.2) is 102 Å². The number of Topliss-reactive ketones (excluding diaryl/α,β-unsaturated/α-hetero) is 1. The first-order chi connectivity index (χ1) is 18.5. The molecule has 2 heterocycles. The van der Waals surface area contributed by atoms with Crippen LogP contribution in [0.25, 0.3) is 0 Å². The Morgan fingerprint density at radius 2 is 1.68 bits per heavy atom. The van der Waals surface area contributed by atoms with Gasteiger partial charge in [0.05, 0.1) is 33.9 Å². The lowest BCUT2D eigenvalue weighted by Crippen LogP contribution is -2.38. The fourth-order valence-electron chi connectivity index (χ4n) is 5.36. The standard InChI is InChI=1S/C31H22FN3O2S/c32-23-13-11-20(12-14-23)22-16-25-29(27(36)17-22)30(21-9-7-19(18-33)8-10-21)35(31(37)28-6-3-15-38-28)26-5-2-1-4-24(26)34-25/h1-15,22,30,34H,16-17H2. The molecule has 2 unspecified atom stereocenters. The number of thiophene rings is 1. The normalized spacial score (nSPS) is 18.6. The number of halogens is 1. The molecule has 2 aliphatic rings. The maximum Gasteiger partial charge on any atom is 0.269 e. The van der Waals surface area contributed by atoms with Crippen LogP contribution < -0.4 is 10.2 Å². The van der Waals surface area contributed by atoms with E-state index in [9.17, 15) is 19.2 Å². The highest BCUT2D eigenvalue weighted by Gasteiger charge is 2.42. The third-order valence-corrected chi connectivity index (χ3v) is 7.99. The van der Waals surface area contributed by atoms with E-state index in [0.717, 1.165) is 22.5 Å². The average Bonchev–Trinajstić information content (AvgIpc) is 3.43. The summed E-state index contributed by atoms with van der Waals surface area (Å²) < 4.78 is 13.6. The van der Waals surface area contributed by atoms with E-state index in [1.165, 1.54) is 23.5 Å². The van der Waals surface area contributed by atoms with Gasteiger partial charge in [-0.2, -0.15) is 5.26 Å². The van der Waals surface area contributed by atoms with E-state index >= 15 is 0 Å². The Bertz CT molecular complexity index is 1600. The van der Waals surface area contributed by atoms with Gasteiger partial charge in [0.2, 0.25) is 0 Å². The number of carbonyl (C=O) groups is 2. The molecule has 0 fully saturated rings. The van der Waals surface area contributed by atoms with E-state index in [-0.39, 0.29) is 29.8 Å². The molecule has 186 valence electrons. The fraction of sp³-hybridized carbons (Fsp3) is 0.129. The minimum atomic E-state index is -0.690. The molecule has 6 rings (SSSR count). The Morgan fingerprint density at radius 1 is 0.947 bits per heavy atom. The molecule has 2 atom stereocenters. The highest BCUT2D eigenvalue weighted by Crippen LogP contribution is 2.48. The van der Waals surface area contributed by atoms with Gasteiger partial charge in [0.25, 0.3) is 5.91 Å². The molecule has 1 aliphatic heterocycles. The Labute approximate surface area is 223 Å². The lowest BCUT2D eigenvalue weighted by Gasteiger charge is -2.35. The van der Waals surface area contributed by atoms with Gasteiger partial charge in [0.15, 0.2) is 5.78 Å². The van der Waals surface area contributed by atoms with Crippen molar-refractivity contribution < 1.29 is 14.0 Å². The van der Waals surface area contributed by atoms with Crippen LogP contribution in [-0.4, -0.2) is 11.7 Å². The van der Waals surface area contributed by atoms with E-state index < -0.39 is 6.04 Å². The summed E-state index contributed by atoms with van der Waals surface area (Å²) in [6.07, 6.45) is 0.783. The molecule has 0 radical (unpaired) electrons. The minimum absolute atomic E-state index is 0.0702. The number of benzene rings is 3. The van der Waals surface area contributed by atoms with Crippen LogP contribution in [0.2, 0.25) is 0 Å². The second-order valence-electron chi connectivity index (χ2n) is 9.40. The number of carbonyl (C=O) groups excluding carboxylic acids is 2. The third kappa shape index (κ3) is 4.19. The number of fused-ring (bicyclic) bond motifs is 1. The highest BCUT2D eigenvalue weighted by atomic mass is 32.1. The molecule has 7 heteroatoms. The first kappa shape index (κ1) is 23.8. The zero-order valence-electron chi connectivity index (χ0n) is 20.2. The van der Waals surface area contributed by atoms with Crippen molar-refractivity contribution in [3.8, 4) is 6.07 Å². The summed E-state index contributed by atoms with van der Waals surface area (Å²) >= 11 is 1.35. The molecule has 1 aromatic heterocycles. The number of anilines is 2. The number of amides is 1. The monoisotopic (exact) mass is 519 g/mol. The van der Waals surface area contributed by atoms with Gasteiger partial charge in [-0.25, -0.2) is 4.39 Å². The SMILES string of the molecule is N#Cc1ccc(C2C3=C(CC(c4ccc(F)cc4)CC3=O)Nc3ccccc3N2C(=O)c2cccs2)cc1. The molecular formula is C31H22FN3O2S. The lowest BCUT2D eigenvalue weighted by molar-refractivity contribution is -0.116. The van der Waals surface area contributed by atoms with E-state index in [0.29, 0.717) is 28.1 Å². The van der Waals surface area contributed by atoms with Crippen LogP contribution in [0.5, 0.6) is 0 Å². The van der Waals surface area contributed by atoms with E-state index in [2.05, 4.69) is 11.4 Å². The topological polar surface area (TPSA) is 73.2 Å². The molecule has 0 bridgehead atoms. The molecule has 1 aliphatic carbocycles. The van der Waals surface area contributed by atoms with Crippen LogP contribution in [0, 0.1) is 17.1 Å². The molecule has 0 saturated heterocycles. The third-order valence-electron chi connectivity index (χ3n) is 7.14. The Morgan fingerprint density at radius 3 is 2.39 bits per heavy atom. The molecule has 1 N–H and O–H groups in total. The molecular weight excluding hydrogens is 497 g/mol. The smallest absolute Gasteiger partial charge is 0.269 e. The van der Waals surface area contributed by atoms with Crippen molar-refractivity contribution in [3.63, 3.8) is 0 Å². The number of nitriles is 1. The fourth-order valence-corrected chi connectivity index (χ4v) is 6.02. The van der Waals surface area contributed by atoms with Gasteiger partial charge >= 0.3 is 0 Å². The zero-order chi connectivity index (χ0) is 26.2. The summed E-state index contributed by atoms with van der Waals surface area (Å²) in [5.41, 5.74) is 4.82. The Hall–Kier alpha value is -4.54. The van der Waals surface area contributed by atoms with Crippen molar-refractivity contribution in [2.45, 2.75) is 24.8 Å². The highest BCUT2D eigenvalue weighted by molar-refractivity contribution is 7.12. The van der Waals surface area contributed by atoms with E-state index in [4.69, 9.17) is 0 Å². The first-order valence-electron chi connectivity index (χ1n) is 12.3. The minimum Gasteiger partial charge on any atom is -0.357 e. The Balaban J connectivity index is 1.55. The number of nitrogens with one attached hydrogen (secondary N) is 1. The van der Waals surface area contributed by atoms with Gasteiger partial charge in [-0.05, 0) is 71.3 Å². The summed E-state index contributed by atoms with van der Waals surface area (Å²) in [5, 5.41) is 14.7. The quantitative estimate of drug-likeness (QED) is 0.317. The second kappa shape index (κ2) is 9.73. The summed E-state index contributed by atoms with van der Waals surface area (Å²) in [7, 11) is 0. The molecule has 0 spiro atoms. The summed E-state index contributed by atoms with van der Waals surface area (Å²) in [6, 6.07) is 26.0. The maximum absolute atomic E-state index is 14.1. The largest absolute Gasteiger partial charge is 0.357 e. The van der Waals surface area contributed by atoms with Crippen LogP contribution >= 0.6 is 11.3 Å². The van der Waals surface area contributed by atoms with E-state index in [1.54, 1.807) is 35.2 Å².